The second kappa shape index (κ2) is 16.6. The molecule has 80 heavy (non-hydrogen) atoms. The minimum Gasteiger partial charge on any atom is -0.311 e. The van der Waals surface area contributed by atoms with Crippen molar-refractivity contribution in [1.29, 1.82) is 0 Å². The lowest BCUT2D eigenvalue weighted by Gasteiger charge is -2.47. The highest BCUT2D eigenvalue weighted by atomic mass is 32.1. The summed E-state index contributed by atoms with van der Waals surface area (Å²) in [6.07, 6.45) is 7.10. The first-order valence-corrected chi connectivity index (χ1v) is 32.9. The summed E-state index contributed by atoms with van der Waals surface area (Å²) in [7, 11) is -2.84. The van der Waals surface area contributed by atoms with E-state index in [-0.39, 0.29) is 39.2 Å². The third kappa shape index (κ3) is 6.89. The minimum atomic E-state index is -2.84. The first kappa shape index (κ1) is 50.6. The lowest BCUT2D eigenvalue weighted by atomic mass is 9.35. The lowest BCUT2D eigenvalue weighted by molar-refractivity contribution is 0.332. The largest absolute Gasteiger partial charge is 0.311 e. The van der Waals surface area contributed by atoms with E-state index in [9.17, 15) is 0 Å². The Morgan fingerprint density at radius 3 is 1.50 bits per heavy atom. The number of aryl methyl sites for hydroxylation is 1. The van der Waals surface area contributed by atoms with Crippen molar-refractivity contribution >= 4 is 107 Å². The van der Waals surface area contributed by atoms with Crippen LogP contribution in [-0.2, 0) is 32.5 Å². The molecule has 9 aromatic rings. The van der Waals surface area contributed by atoms with Crippen molar-refractivity contribution in [3.8, 4) is 11.1 Å². The van der Waals surface area contributed by atoms with Crippen LogP contribution in [0.3, 0.4) is 0 Å². The number of thiophene rings is 1. The van der Waals surface area contributed by atoms with Gasteiger partial charge in [-0.25, -0.2) is 0 Å². The molecule has 1 aromatic heterocycles. The van der Waals surface area contributed by atoms with E-state index in [1.54, 1.807) is 0 Å². The number of fused-ring (bicyclic) bond motifs is 12. The molecule has 4 heterocycles. The van der Waals surface area contributed by atoms with Gasteiger partial charge in [0.2, 0.25) is 0 Å². The van der Waals surface area contributed by atoms with Gasteiger partial charge in [0.1, 0.15) is 0 Å². The highest BCUT2D eigenvalue weighted by Crippen LogP contribution is 2.56. The van der Waals surface area contributed by atoms with E-state index in [1.807, 2.05) is 0 Å². The Morgan fingerprint density at radius 2 is 0.887 bits per heavy atom. The van der Waals surface area contributed by atoms with Crippen molar-refractivity contribution in [1.82, 2.24) is 0 Å². The van der Waals surface area contributed by atoms with Crippen LogP contribution in [-0.4, -0.2) is 14.8 Å². The molecule has 8 aromatic carbocycles. The van der Waals surface area contributed by atoms with E-state index in [0.717, 1.165) is 0 Å². The van der Waals surface area contributed by atoms with Gasteiger partial charge in [0.05, 0.1) is 5.69 Å². The predicted molar refractivity (Wildman–Crippen MR) is 349 cm³/mol. The van der Waals surface area contributed by atoms with Gasteiger partial charge in [-0.2, -0.15) is 0 Å². The molecule has 15 rings (SSSR count). The summed E-state index contributed by atoms with van der Waals surface area (Å²) < 4.78 is 2.88. The zero-order valence-corrected chi connectivity index (χ0v) is 51.5. The van der Waals surface area contributed by atoms with Crippen molar-refractivity contribution in [2.24, 2.45) is 0 Å². The fraction of sp³-hybridized carbons (Fsp3) is 0.333. The second-order valence-corrected chi connectivity index (χ2v) is 34.1. The van der Waals surface area contributed by atoms with E-state index >= 15 is 0 Å². The van der Waals surface area contributed by atoms with Crippen molar-refractivity contribution < 1.29 is 0 Å². The summed E-state index contributed by atoms with van der Waals surface area (Å²) in [5.41, 5.74) is 24.3. The summed E-state index contributed by atoms with van der Waals surface area (Å²) in [6, 6.07) is 63.7. The number of hydrogen-bond donors (Lipinski definition) is 0. The molecule has 0 saturated carbocycles. The molecule has 2 nitrogen and oxygen atoms in total. The maximum Gasteiger partial charge on any atom is 0.264 e. The summed E-state index contributed by atoms with van der Waals surface area (Å²) in [6.45, 7) is 32.4. The normalized spacial score (nSPS) is 20.1. The summed E-state index contributed by atoms with van der Waals surface area (Å²) in [5.74, 6) is 0. The van der Waals surface area contributed by atoms with Gasteiger partial charge in [-0.1, -0.05) is 186 Å². The van der Waals surface area contributed by atoms with Crippen LogP contribution in [0.25, 0.3) is 21.2 Å². The zero-order valence-electron chi connectivity index (χ0n) is 49.6. The molecule has 0 unspecified atom stereocenters. The molecule has 3 aliphatic carbocycles. The van der Waals surface area contributed by atoms with E-state index in [2.05, 4.69) is 269 Å². The van der Waals surface area contributed by atoms with Crippen LogP contribution in [0.15, 0.2) is 158 Å². The summed E-state index contributed by atoms with van der Waals surface area (Å²) >= 11 is 2.09. The van der Waals surface area contributed by atoms with Gasteiger partial charge in [0.15, 0.2) is 8.07 Å². The number of benzene rings is 8. The Hall–Kier alpha value is -6.40. The standard InChI is InChI=1S/C75H77BN2SSi/c1-46-38-62-67-63(39-46)78(48-28-30-52-51-26-20-21-27-65(51)80(66(52)41-48,49-22-16-14-17-23-49)50-24-18-15-19-25-50)68-53-42-56-59(75(12,13)37-34-72(56,6)7)45-64(53)79-69(68)76(67)60-43-57-58(74(10,11)36-35-73(57,8)9)44-61(60)77(62)47-29-31-54-55(40-47)71(4,5)33-32-70(54,2)3/h14-31,38-45H,32-37H2,1-13H3. The summed E-state index contributed by atoms with van der Waals surface area (Å²) in [4.78, 5) is 5.53. The maximum absolute atomic E-state index is 2.84. The van der Waals surface area contributed by atoms with Crippen LogP contribution < -0.4 is 46.2 Å². The molecule has 0 saturated heterocycles. The smallest absolute Gasteiger partial charge is 0.264 e. The van der Waals surface area contributed by atoms with Gasteiger partial charge in [-0.3, -0.25) is 0 Å². The quantitative estimate of drug-likeness (QED) is 0.162. The highest BCUT2D eigenvalue weighted by molar-refractivity contribution is 7.33. The van der Waals surface area contributed by atoms with Crippen molar-refractivity contribution in [2.75, 3.05) is 9.80 Å². The average molecular weight is 1080 g/mol. The molecule has 6 aliphatic rings. The summed E-state index contributed by atoms with van der Waals surface area (Å²) in [5, 5.41) is 7.20. The molecule has 0 radical (unpaired) electrons. The molecule has 0 atom stereocenters. The van der Waals surface area contributed by atoms with Gasteiger partial charge < -0.3 is 9.80 Å². The Labute approximate surface area is 482 Å². The maximum atomic E-state index is 2.79. The number of anilines is 6. The predicted octanol–water partition coefficient (Wildman–Crippen LogP) is 15.7. The molecule has 0 fully saturated rings. The van der Waals surface area contributed by atoms with Crippen LogP contribution >= 0.6 is 11.3 Å². The van der Waals surface area contributed by atoms with Gasteiger partial charge in [0, 0.05) is 43.3 Å². The number of nitrogens with zero attached hydrogens (tertiary/aromatic N) is 2. The van der Waals surface area contributed by atoms with Crippen molar-refractivity contribution in [3.63, 3.8) is 0 Å². The molecule has 0 spiro atoms. The van der Waals surface area contributed by atoms with Crippen LogP contribution in [0.5, 0.6) is 0 Å². The fourth-order valence-electron chi connectivity index (χ4n) is 16.6. The first-order chi connectivity index (χ1) is 38.0. The molecule has 5 heteroatoms. The fourth-order valence-corrected chi connectivity index (χ4v) is 23.1. The molecular formula is C75H77BN2SSi. The van der Waals surface area contributed by atoms with E-state index in [1.165, 1.54) is 169 Å². The second-order valence-electron chi connectivity index (χ2n) is 29.3. The van der Waals surface area contributed by atoms with Crippen molar-refractivity contribution in [3.05, 3.63) is 197 Å². The highest BCUT2D eigenvalue weighted by Gasteiger charge is 2.52. The van der Waals surface area contributed by atoms with Crippen LogP contribution in [0.1, 0.15) is 161 Å². The minimum absolute atomic E-state index is 0.0356. The van der Waals surface area contributed by atoms with Crippen molar-refractivity contribution in [2.45, 2.75) is 161 Å². The third-order valence-corrected chi connectivity index (χ3v) is 27.6. The molecule has 0 amide bonds. The van der Waals surface area contributed by atoms with Gasteiger partial charge in [-0.05, 0) is 214 Å². The Morgan fingerprint density at radius 1 is 0.412 bits per heavy atom. The molecule has 0 N–H and O–H groups in total. The van der Waals surface area contributed by atoms with Crippen LogP contribution in [0, 0.1) is 6.92 Å². The average Bonchev–Trinajstić information content (AvgIpc) is 3.88. The zero-order chi connectivity index (χ0) is 55.4. The molecule has 0 bridgehead atoms. The van der Waals surface area contributed by atoms with Crippen LogP contribution in [0.2, 0.25) is 0 Å². The lowest BCUT2D eigenvalue weighted by Crippen LogP contribution is -2.72. The monoisotopic (exact) mass is 1080 g/mol. The number of rotatable bonds is 4. The SMILES string of the molecule is Cc1cc2c3c(c1)N(c1ccc4c(c1)[Si](c1ccccc1)(c1ccccc1)c1ccccc1-4)c1c(sc4cc5c(cc14)C(C)(C)CCC5(C)C)B3c1cc3c(cc1N2c1ccc2c(c1)C(C)(C)CCC2(C)C)C(C)(C)CCC3(C)C. The van der Waals surface area contributed by atoms with E-state index < -0.39 is 8.07 Å². The number of hydrogen-bond acceptors (Lipinski definition) is 3. The Kier molecular flexibility index (Phi) is 10.5. The topological polar surface area (TPSA) is 6.48 Å². The Bertz CT molecular complexity index is 4080. The molecule has 3 aliphatic heterocycles. The van der Waals surface area contributed by atoms with Gasteiger partial charge in [-0.15, -0.1) is 11.3 Å². The van der Waals surface area contributed by atoms with Gasteiger partial charge >= 0.3 is 0 Å². The van der Waals surface area contributed by atoms with Crippen LogP contribution in [0.4, 0.5) is 34.1 Å². The first-order valence-electron chi connectivity index (χ1n) is 30.1. The molecular weight excluding hydrogens is 1000 g/mol. The Balaban J connectivity index is 1.07. The van der Waals surface area contributed by atoms with E-state index in [4.69, 9.17) is 0 Å². The molecule has 400 valence electrons. The third-order valence-electron chi connectivity index (χ3n) is 21.5. The van der Waals surface area contributed by atoms with E-state index in [0.29, 0.717) is 0 Å². The van der Waals surface area contributed by atoms with Gasteiger partial charge in [0.25, 0.3) is 6.71 Å².